The number of carbonyl (C=O) groups is 1. The van der Waals surface area contributed by atoms with Crippen LogP contribution in [0.25, 0.3) is 0 Å². The van der Waals surface area contributed by atoms with Crippen molar-refractivity contribution in [2.75, 3.05) is 6.54 Å². The molecule has 0 spiro atoms. The molecule has 0 bridgehead atoms. The van der Waals surface area contributed by atoms with Crippen molar-refractivity contribution in [2.24, 2.45) is 0 Å². The Hall–Kier alpha value is -2.33. The summed E-state index contributed by atoms with van der Waals surface area (Å²) in [5.41, 5.74) is 2.22. The topological polar surface area (TPSA) is 49.8 Å². The van der Waals surface area contributed by atoms with Crippen molar-refractivity contribution in [3.63, 3.8) is 0 Å². The van der Waals surface area contributed by atoms with Gasteiger partial charge in [-0.15, -0.1) is 0 Å². The van der Waals surface area contributed by atoms with Gasteiger partial charge in [0.05, 0.1) is 5.56 Å². The van der Waals surface area contributed by atoms with Crippen molar-refractivity contribution in [3.8, 4) is 5.75 Å². The quantitative estimate of drug-likeness (QED) is 0.645. The van der Waals surface area contributed by atoms with Crippen LogP contribution in [0.5, 0.6) is 5.75 Å². The second-order valence-electron chi connectivity index (χ2n) is 7.43. The second kappa shape index (κ2) is 10.1. The van der Waals surface area contributed by atoms with E-state index in [4.69, 9.17) is 4.74 Å². The number of ether oxygens (including phenoxy) is 1. The Labute approximate surface area is 162 Å². The highest BCUT2D eigenvalue weighted by Crippen LogP contribution is 2.21. The summed E-state index contributed by atoms with van der Waals surface area (Å²) in [6, 6.07) is 15.5. The molecule has 2 aromatic carbocycles. The lowest BCUT2D eigenvalue weighted by Gasteiger charge is -2.30. The molecule has 27 heavy (non-hydrogen) atoms. The number of nitrogens with zero attached hydrogens (tertiary/aromatic N) is 1. The maximum absolute atomic E-state index is 12.3. The number of hydrogen-bond acceptors (Lipinski definition) is 4. The third-order valence-electron chi connectivity index (χ3n) is 4.72. The monoisotopic (exact) mass is 369 g/mol. The molecule has 2 aromatic rings. The zero-order valence-electron chi connectivity index (χ0n) is 16.8. The molecular weight excluding hydrogens is 338 g/mol. The Morgan fingerprint density at radius 2 is 1.70 bits per heavy atom. The molecule has 0 aliphatic rings. The molecule has 0 unspecified atom stereocenters. The highest BCUT2D eigenvalue weighted by atomic mass is 16.5. The molecule has 4 nitrogen and oxygen atoms in total. The summed E-state index contributed by atoms with van der Waals surface area (Å²) >= 11 is 0. The molecule has 1 N–H and O–H groups in total. The second-order valence-corrected chi connectivity index (χ2v) is 7.43. The van der Waals surface area contributed by atoms with E-state index in [0.717, 1.165) is 30.5 Å². The van der Waals surface area contributed by atoms with Crippen LogP contribution >= 0.6 is 0 Å². The Kier molecular flexibility index (Phi) is 7.86. The highest BCUT2D eigenvalue weighted by Gasteiger charge is 2.14. The number of rotatable bonds is 9. The van der Waals surface area contributed by atoms with Gasteiger partial charge >= 0.3 is 5.97 Å². The van der Waals surface area contributed by atoms with Gasteiger partial charge in [0, 0.05) is 12.1 Å². The average Bonchev–Trinajstić information content (AvgIpc) is 2.64. The lowest BCUT2D eigenvalue weighted by atomic mass is 10.0. The van der Waals surface area contributed by atoms with Crippen LogP contribution in [0.1, 0.15) is 55.6 Å². The van der Waals surface area contributed by atoms with E-state index in [1.807, 2.05) is 30.3 Å². The van der Waals surface area contributed by atoms with Crippen molar-refractivity contribution in [1.29, 1.82) is 0 Å². The minimum absolute atomic E-state index is 0.232. The number of phenolic OH excluding ortho intramolecular Hbond substituents is 1. The fourth-order valence-electron chi connectivity index (χ4n) is 3.28. The maximum atomic E-state index is 12.3. The molecule has 0 fully saturated rings. The third kappa shape index (κ3) is 6.40. The summed E-state index contributed by atoms with van der Waals surface area (Å²) in [6.45, 7) is 9.98. The predicted octanol–water partition coefficient (Wildman–Crippen LogP) is 4.80. The smallest absolute Gasteiger partial charge is 0.338 e. The molecule has 0 amide bonds. The van der Waals surface area contributed by atoms with E-state index < -0.39 is 0 Å². The fourth-order valence-corrected chi connectivity index (χ4v) is 3.28. The zero-order valence-corrected chi connectivity index (χ0v) is 16.8. The van der Waals surface area contributed by atoms with Crippen LogP contribution in [0.15, 0.2) is 48.5 Å². The van der Waals surface area contributed by atoms with E-state index in [2.05, 4.69) is 32.6 Å². The first-order valence-electron chi connectivity index (χ1n) is 9.67. The van der Waals surface area contributed by atoms with Gasteiger partial charge in [-0.2, -0.15) is 0 Å². The van der Waals surface area contributed by atoms with Crippen molar-refractivity contribution in [2.45, 2.75) is 59.2 Å². The number of carbonyl (C=O) groups excluding carboxylic acids is 1. The van der Waals surface area contributed by atoms with Gasteiger partial charge in [-0.25, -0.2) is 4.79 Å². The van der Waals surface area contributed by atoms with Gasteiger partial charge in [0.1, 0.15) is 12.4 Å². The molecule has 0 saturated carbocycles. The molecule has 0 atom stereocenters. The number of phenols is 1. The highest BCUT2D eigenvalue weighted by molar-refractivity contribution is 5.89. The molecule has 0 aliphatic heterocycles. The molecule has 0 aliphatic carbocycles. The maximum Gasteiger partial charge on any atom is 0.338 e. The molecule has 0 radical (unpaired) electrons. The summed E-state index contributed by atoms with van der Waals surface area (Å²) in [5, 5.41) is 10.1. The normalized spacial score (nSPS) is 11.4. The molecule has 4 heteroatoms. The SMILES string of the molecule is CC(C)N(CCCc1cc(C(=O)OCc2ccccc2)ccc1O)C(C)C. The third-order valence-corrected chi connectivity index (χ3v) is 4.72. The van der Waals surface area contributed by atoms with E-state index in [1.54, 1.807) is 18.2 Å². The van der Waals surface area contributed by atoms with Gasteiger partial charge in [0.25, 0.3) is 0 Å². The summed E-state index contributed by atoms with van der Waals surface area (Å²) in [4.78, 5) is 14.8. The van der Waals surface area contributed by atoms with Crippen LogP contribution in [0, 0.1) is 0 Å². The van der Waals surface area contributed by atoms with Gasteiger partial charge in [0.2, 0.25) is 0 Å². The summed E-state index contributed by atoms with van der Waals surface area (Å²) in [6.07, 6.45) is 1.65. The van der Waals surface area contributed by atoms with E-state index in [-0.39, 0.29) is 18.3 Å². The van der Waals surface area contributed by atoms with Crippen molar-refractivity contribution < 1.29 is 14.6 Å². The fraction of sp³-hybridized carbons (Fsp3) is 0.435. The molecule has 0 aromatic heterocycles. The molecular formula is C23H31NO3. The van der Waals surface area contributed by atoms with Crippen LogP contribution in [0.2, 0.25) is 0 Å². The first kappa shape index (κ1) is 21.0. The Morgan fingerprint density at radius 1 is 1.04 bits per heavy atom. The number of benzene rings is 2. The summed E-state index contributed by atoms with van der Waals surface area (Å²) in [7, 11) is 0. The zero-order chi connectivity index (χ0) is 19.8. The van der Waals surface area contributed by atoms with E-state index in [1.165, 1.54) is 0 Å². The molecule has 2 rings (SSSR count). The van der Waals surface area contributed by atoms with E-state index >= 15 is 0 Å². The van der Waals surface area contributed by atoms with Crippen molar-refractivity contribution in [1.82, 2.24) is 4.90 Å². The lowest BCUT2D eigenvalue weighted by molar-refractivity contribution is 0.0472. The minimum Gasteiger partial charge on any atom is -0.508 e. The van der Waals surface area contributed by atoms with Gasteiger partial charge < -0.3 is 9.84 Å². The lowest BCUT2D eigenvalue weighted by Crippen LogP contribution is -2.37. The largest absolute Gasteiger partial charge is 0.508 e. The first-order chi connectivity index (χ1) is 12.9. The predicted molar refractivity (Wildman–Crippen MR) is 109 cm³/mol. The van der Waals surface area contributed by atoms with E-state index in [0.29, 0.717) is 17.6 Å². The van der Waals surface area contributed by atoms with Gasteiger partial charge in [-0.1, -0.05) is 30.3 Å². The Balaban J connectivity index is 1.95. The van der Waals surface area contributed by atoms with Crippen LogP contribution in [-0.2, 0) is 17.8 Å². The number of aryl methyl sites for hydroxylation is 1. The van der Waals surface area contributed by atoms with Gasteiger partial charge in [-0.05, 0) is 76.4 Å². The number of esters is 1. The van der Waals surface area contributed by atoms with E-state index in [9.17, 15) is 9.90 Å². The minimum atomic E-state index is -0.369. The van der Waals surface area contributed by atoms with Gasteiger partial charge in [-0.3, -0.25) is 4.90 Å². The van der Waals surface area contributed by atoms with Crippen molar-refractivity contribution >= 4 is 5.97 Å². The van der Waals surface area contributed by atoms with Crippen LogP contribution in [0.4, 0.5) is 0 Å². The Bertz CT molecular complexity index is 718. The summed E-state index contributed by atoms with van der Waals surface area (Å²) in [5.74, 6) is -0.138. The van der Waals surface area contributed by atoms with Crippen LogP contribution in [0.3, 0.4) is 0 Å². The van der Waals surface area contributed by atoms with Crippen LogP contribution < -0.4 is 0 Å². The van der Waals surface area contributed by atoms with Gasteiger partial charge in [0.15, 0.2) is 0 Å². The standard InChI is InChI=1S/C23H31NO3/c1-17(2)24(18(3)4)14-8-11-20-15-21(12-13-22(20)25)23(26)27-16-19-9-6-5-7-10-19/h5-7,9-10,12-13,15,17-18,25H,8,11,14,16H2,1-4H3. The van der Waals surface area contributed by atoms with Crippen molar-refractivity contribution in [3.05, 3.63) is 65.2 Å². The molecule has 0 saturated heterocycles. The number of hydrogen-bond donors (Lipinski definition) is 1. The number of aromatic hydroxyl groups is 1. The first-order valence-corrected chi connectivity index (χ1v) is 9.67. The summed E-state index contributed by atoms with van der Waals surface area (Å²) < 4.78 is 5.39. The van der Waals surface area contributed by atoms with Crippen LogP contribution in [-0.4, -0.2) is 34.6 Å². The Morgan fingerprint density at radius 3 is 2.33 bits per heavy atom. The molecule has 146 valence electrons. The molecule has 0 heterocycles. The average molecular weight is 370 g/mol.